The summed E-state index contributed by atoms with van der Waals surface area (Å²) >= 11 is 0. The highest BCUT2D eigenvalue weighted by Gasteiger charge is 2.42. The molecule has 0 aliphatic carbocycles. The Labute approximate surface area is 173 Å². The van der Waals surface area contributed by atoms with Gasteiger partial charge in [0.05, 0.1) is 18.1 Å². The van der Waals surface area contributed by atoms with Crippen LogP contribution in [0.4, 0.5) is 0 Å². The van der Waals surface area contributed by atoms with E-state index in [1.165, 1.54) is 4.31 Å². The van der Waals surface area contributed by atoms with Gasteiger partial charge < -0.3 is 14.4 Å². The fourth-order valence-corrected chi connectivity index (χ4v) is 6.18. The predicted molar refractivity (Wildman–Crippen MR) is 108 cm³/mol. The number of nitrogens with zero attached hydrogens (tertiary/aromatic N) is 2. The largest absolute Gasteiger partial charge is 0.347 e. The van der Waals surface area contributed by atoms with Crippen LogP contribution in [-0.4, -0.2) is 67.7 Å². The van der Waals surface area contributed by atoms with Crippen LogP contribution in [0.2, 0.25) is 0 Å². The Morgan fingerprint density at radius 2 is 1.55 bits per heavy atom. The normalized spacial score (nSPS) is 28.0. The molecule has 3 saturated heterocycles. The molecule has 3 heterocycles. The third-order valence-corrected chi connectivity index (χ3v) is 8.38. The van der Waals surface area contributed by atoms with Crippen LogP contribution in [0.25, 0.3) is 0 Å². The molecule has 1 aromatic carbocycles. The van der Waals surface area contributed by atoms with Crippen LogP contribution in [0, 0.1) is 0 Å². The number of sulfonamides is 1. The van der Waals surface area contributed by atoms with Gasteiger partial charge in [-0.25, -0.2) is 8.42 Å². The molecule has 0 N–H and O–H groups in total. The van der Waals surface area contributed by atoms with Crippen molar-refractivity contribution in [1.82, 2.24) is 9.21 Å². The van der Waals surface area contributed by atoms with Gasteiger partial charge in [-0.2, -0.15) is 4.31 Å². The van der Waals surface area contributed by atoms with Crippen molar-refractivity contribution in [2.24, 2.45) is 0 Å². The fraction of sp³-hybridized carbons (Fsp3) is 0.667. The van der Waals surface area contributed by atoms with E-state index in [0.29, 0.717) is 44.7 Å². The van der Waals surface area contributed by atoms with Crippen molar-refractivity contribution < 1.29 is 22.7 Å². The Morgan fingerprint density at radius 3 is 2.10 bits per heavy atom. The minimum atomic E-state index is -3.60. The summed E-state index contributed by atoms with van der Waals surface area (Å²) in [4.78, 5) is 15.1. The number of amides is 1. The Morgan fingerprint density at radius 1 is 1.00 bits per heavy atom. The fourth-order valence-electron chi connectivity index (χ4n) is 4.74. The van der Waals surface area contributed by atoms with Gasteiger partial charge in [-0.05, 0) is 57.4 Å². The summed E-state index contributed by atoms with van der Waals surface area (Å²) in [6.07, 6.45) is 4.22. The molecule has 0 aromatic heterocycles. The number of benzene rings is 1. The highest BCUT2D eigenvalue weighted by Crippen LogP contribution is 2.33. The Hall–Kier alpha value is -1.48. The lowest BCUT2D eigenvalue weighted by atomic mass is 9.96. The standard InChI is InChI=1S/C21H30N2O5S/c1-16-4-3-5-17(2)23(16)20(24)18-6-8-19(9-7-18)29(25,26)22-12-10-21(11-13-22)27-14-15-28-21/h6-9,16-17H,3-5,10-15H2,1-2H3. The van der Waals surface area contributed by atoms with E-state index in [0.717, 1.165) is 19.3 Å². The van der Waals surface area contributed by atoms with Gasteiger partial charge in [0.25, 0.3) is 5.91 Å². The number of ether oxygens (including phenoxy) is 2. The van der Waals surface area contributed by atoms with E-state index < -0.39 is 15.8 Å². The third-order valence-electron chi connectivity index (χ3n) is 6.46. The van der Waals surface area contributed by atoms with Gasteiger partial charge in [-0.3, -0.25) is 4.79 Å². The Balaban J connectivity index is 1.46. The zero-order chi connectivity index (χ0) is 20.6. The molecule has 3 fully saturated rings. The highest BCUT2D eigenvalue weighted by molar-refractivity contribution is 7.89. The summed E-state index contributed by atoms with van der Waals surface area (Å²) in [6.45, 7) is 6.02. The number of carbonyl (C=O) groups is 1. The maximum Gasteiger partial charge on any atom is 0.254 e. The monoisotopic (exact) mass is 422 g/mol. The second-order valence-corrected chi connectivity index (χ2v) is 10.3. The first-order valence-electron chi connectivity index (χ1n) is 10.5. The van der Waals surface area contributed by atoms with E-state index in [-0.39, 0.29) is 22.9 Å². The molecule has 4 rings (SSSR count). The minimum absolute atomic E-state index is 0.0240. The number of hydrogen-bond donors (Lipinski definition) is 0. The molecule has 8 heteroatoms. The van der Waals surface area contributed by atoms with Crippen LogP contribution in [-0.2, 0) is 19.5 Å². The van der Waals surface area contributed by atoms with E-state index in [2.05, 4.69) is 13.8 Å². The summed E-state index contributed by atoms with van der Waals surface area (Å²) in [5, 5.41) is 0. The summed E-state index contributed by atoms with van der Waals surface area (Å²) < 4.78 is 38.9. The van der Waals surface area contributed by atoms with Crippen molar-refractivity contribution in [2.45, 2.75) is 68.7 Å². The van der Waals surface area contributed by atoms with Gasteiger partial charge in [0.15, 0.2) is 5.79 Å². The molecule has 3 aliphatic rings. The highest BCUT2D eigenvalue weighted by atomic mass is 32.2. The van der Waals surface area contributed by atoms with Crippen LogP contribution < -0.4 is 0 Å². The summed E-state index contributed by atoms with van der Waals surface area (Å²) in [7, 11) is -3.60. The van der Waals surface area contributed by atoms with Crippen LogP contribution in [0.5, 0.6) is 0 Å². The van der Waals surface area contributed by atoms with Crippen LogP contribution in [0.15, 0.2) is 29.2 Å². The maximum atomic E-state index is 13.0. The summed E-state index contributed by atoms with van der Waals surface area (Å²) in [5.41, 5.74) is 0.537. The number of piperidine rings is 2. The van der Waals surface area contributed by atoms with E-state index in [9.17, 15) is 13.2 Å². The molecule has 0 saturated carbocycles. The Bertz CT molecular complexity index is 828. The van der Waals surface area contributed by atoms with Crippen molar-refractivity contribution in [1.29, 1.82) is 0 Å². The average molecular weight is 423 g/mol. The van der Waals surface area contributed by atoms with Crippen molar-refractivity contribution in [3.63, 3.8) is 0 Å². The van der Waals surface area contributed by atoms with E-state index in [4.69, 9.17) is 9.47 Å². The Kier molecular flexibility index (Phi) is 5.72. The quantitative estimate of drug-likeness (QED) is 0.748. The zero-order valence-corrected chi connectivity index (χ0v) is 18.0. The minimum Gasteiger partial charge on any atom is -0.347 e. The topological polar surface area (TPSA) is 76.2 Å². The van der Waals surface area contributed by atoms with Gasteiger partial charge in [-0.15, -0.1) is 0 Å². The number of hydrogen-bond acceptors (Lipinski definition) is 5. The van der Waals surface area contributed by atoms with Crippen molar-refractivity contribution >= 4 is 15.9 Å². The second kappa shape index (κ2) is 7.98. The van der Waals surface area contributed by atoms with E-state index in [1.807, 2.05) is 4.90 Å². The SMILES string of the molecule is CC1CCCC(C)N1C(=O)c1ccc(S(=O)(=O)N2CCC3(CC2)OCCO3)cc1. The average Bonchev–Trinajstić information content (AvgIpc) is 3.16. The molecule has 0 bridgehead atoms. The molecule has 160 valence electrons. The molecule has 2 atom stereocenters. The van der Waals surface area contributed by atoms with Gasteiger partial charge in [0.1, 0.15) is 0 Å². The summed E-state index contributed by atoms with van der Waals surface area (Å²) in [6, 6.07) is 6.78. The lowest BCUT2D eigenvalue weighted by Gasteiger charge is -2.39. The molecule has 0 radical (unpaired) electrons. The van der Waals surface area contributed by atoms with Gasteiger partial charge in [0, 0.05) is 43.6 Å². The number of rotatable bonds is 3. The lowest BCUT2D eigenvalue weighted by Crippen LogP contribution is -2.47. The molecule has 7 nitrogen and oxygen atoms in total. The first-order chi connectivity index (χ1) is 13.8. The molecule has 3 aliphatic heterocycles. The molecular formula is C21H30N2O5S. The predicted octanol–water partition coefficient (Wildman–Crippen LogP) is 2.62. The maximum absolute atomic E-state index is 13.0. The molecule has 1 spiro atoms. The molecular weight excluding hydrogens is 392 g/mol. The van der Waals surface area contributed by atoms with Crippen LogP contribution in [0.3, 0.4) is 0 Å². The van der Waals surface area contributed by atoms with Crippen LogP contribution >= 0.6 is 0 Å². The van der Waals surface area contributed by atoms with Gasteiger partial charge in [0.2, 0.25) is 10.0 Å². The van der Waals surface area contributed by atoms with Crippen LogP contribution in [0.1, 0.15) is 56.3 Å². The van der Waals surface area contributed by atoms with Gasteiger partial charge in [-0.1, -0.05) is 0 Å². The smallest absolute Gasteiger partial charge is 0.254 e. The zero-order valence-electron chi connectivity index (χ0n) is 17.2. The van der Waals surface area contributed by atoms with E-state index in [1.54, 1.807) is 24.3 Å². The molecule has 2 unspecified atom stereocenters. The first-order valence-corrected chi connectivity index (χ1v) is 12.0. The van der Waals surface area contributed by atoms with Gasteiger partial charge >= 0.3 is 0 Å². The van der Waals surface area contributed by atoms with Crippen molar-refractivity contribution in [3.05, 3.63) is 29.8 Å². The molecule has 29 heavy (non-hydrogen) atoms. The van der Waals surface area contributed by atoms with Crippen molar-refractivity contribution in [3.8, 4) is 0 Å². The third kappa shape index (κ3) is 3.95. The summed E-state index contributed by atoms with van der Waals surface area (Å²) in [5.74, 6) is -0.631. The number of likely N-dealkylation sites (tertiary alicyclic amines) is 1. The van der Waals surface area contributed by atoms with E-state index >= 15 is 0 Å². The van der Waals surface area contributed by atoms with Crippen molar-refractivity contribution in [2.75, 3.05) is 26.3 Å². The molecule has 1 amide bonds. The number of carbonyl (C=O) groups excluding carboxylic acids is 1. The second-order valence-electron chi connectivity index (χ2n) is 8.38. The first kappa shape index (κ1) is 20.8. The lowest BCUT2D eigenvalue weighted by molar-refractivity contribution is -0.179. The molecule has 1 aromatic rings.